The molecule has 1 aromatic carbocycles. The number of likely N-dealkylation sites (N-methyl/N-ethyl adjacent to an activating group) is 1. The van der Waals surface area contributed by atoms with Gasteiger partial charge in [-0.1, -0.05) is 24.3 Å². The SMILES string of the molecule is C[NH+](CC(=O)N1CCNC1=O)[C@@H]1CCCc2ccccc21. The van der Waals surface area contributed by atoms with E-state index < -0.39 is 0 Å². The number of aryl methyl sites for hydroxylation is 1. The number of hydrogen-bond acceptors (Lipinski definition) is 2. The molecule has 1 unspecified atom stereocenters. The van der Waals surface area contributed by atoms with Gasteiger partial charge in [-0.3, -0.25) is 9.69 Å². The number of nitrogens with one attached hydrogen (secondary N) is 2. The predicted octanol–water partition coefficient (Wildman–Crippen LogP) is 0.131. The molecule has 3 amide bonds. The van der Waals surface area contributed by atoms with Crippen LogP contribution in [-0.4, -0.2) is 43.5 Å². The number of fused-ring (bicyclic) bond motifs is 1. The van der Waals surface area contributed by atoms with Crippen LogP contribution in [-0.2, 0) is 11.2 Å². The highest BCUT2D eigenvalue weighted by Gasteiger charge is 2.32. The average Bonchev–Trinajstić information content (AvgIpc) is 2.92. The van der Waals surface area contributed by atoms with Crippen molar-refractivity contribution in [2.75, 3.05) is 26.7 Å². The molecule has 1 aliphatic heterocycles. The normalized spacial score (nSPS) is 22.6. The Hall–Kier alpha value is -1.88. The van der Waals surface area contributed by atoms with Crippen molar-refractivity contribution >= 4 is 11.9 Å². The Morgan fingerprint density at radius 1 is 1.43 bits per heavy atom. The van der Waals surface area contributed by atoms with Gasteiger partial charge in [-0.05, 0) is 18.4 Å². The number of urea groups is 1. The Kier molecular flexibility index (Phi) is 3.92. The summed E-state index contributed by atoms with van der Waals surface area (Å²) < 4.78 is 0. The van der Waals surface area contributed by atoms with Gasteiger partial charge in [-0.15, -0.1) is 0 Å². The van der Waals surface area contributed by atoms with Crippen LogP contribution in [0.4, 0.5) is 4.79 Å². The lowest BCUT2D eigenvalue weighted by molar-refractivity contribution is -0.905. The van der Waals surface area contributed by atoms with Gasteiger partial charge < -0.3 is 10.2 Å². The summed E-state index contributed by atoms with van der Waals surface area (Å²) in [5, 5.41) is 2.68. The highest BCUT2D eigenvalue weighted by atomic mass is 16.2. The monoisotopic (exact) mass is 288 g/mol. The molecular formula is C16H22N3O2+. The van der Waals surface area contributed by atoms with Crippen LogP contribution in [0, 0.1) is 0 Å². The van der Waals surface area contributed by atoms with Crippen LogP contribution in [0.3, 0.4) is 0 Å². The minimum Gasteiger partial charge on any atom is -0.336 e. The molecule has 21 heavy (non-hydrogen) atoms. The second-order valence-electron chi connectivity index (χ2n) is 5.94. The molecule has 0 spiro atoms. The molecular weight excluding hydrogens is 266 g/mol. The van der Waals surface area contributed by atoms with Crippen molar-refractivity contribution in [3.63, 3.8) is 0 Å². The fourth-order valence-corrected chi connectivity index (χ4v) is 3.43. The Bertz CT molecular complexity index is 558. The molecule has 1 fully saturated rings. The number of imide groups is 1. The van der Waals surface area contributed by atoms with Crippen molar-refractivity contribution in [3.8, 4) is 0 Å². The number of carbonyl (C=O) groups excluding carboxylic acids is 2. The van der Waals surface area contributed by atoms with Gasteiger partial charge in [-0.2, -0.15) is 0 Å². The van der Waals surface area contributed by atoms with Gasteiger partial charge in [0.1, 0.15) is 6.04 Å². The van der Waals surface area contributed by atoms with Gasteiger partial charge >= 0.3 is 6.03 Å². The van der Waals surface area contributed by atoms with Crippen LogP contribution in [0.1, 0.15) is 30.0 Å². The molecule has 112 valence electrons. The van der Waals surface area contributed by atoms with Gasteiger partial charge in [-0.25, -0.2) is 4.79 Å². The summed E-state index contributed by atoms with van der Waals surface area (Å²) in [7, 11) is 2.05. The first-order chi connectivity index (χ1) is 10.2. The topological polar surface area (TPSA) is 53.9 Å². The van der Waals surface area contributed by atoms with Gasteiger partial charge in [0.05, 0.1) is 7.05 Å². The van der Waals surface area contributed by atoms with E-state index in [0.717, 1.165) is 19.3 Å². The predicted molar refractivity (Wildman–Crippen MR) is 79.0 cm³/mol. The smallest absolute Gasteiger partial charge is 0.324 e. The summed E-state index contributed by atoms with van der Waals surface area (Å²) in [5.41, 5.74) is 2.76. The standard InChI is InChI=1S/C16H21N3O2/c1-18(11-15(20)19-10-9-17-16(19)21)14-8-4-6-12-5-2-3-7-13(12)14/h2-3,5,7,14H,4,6,8-11H2,1H3,(H,17,21)/p+1/t14-/m1/s1. The summed E-state index contributed by atoms with van der Waals surface area (Å²) >= 11 is 0. The lowest BCUT2D eigenvalue weighted by Gasteiger charge is -2.30. The summed E-state index contributed by atoms with van der Waals surface area (Å²) in [6.07, 6.45) is 3.39. The van der Waals surface area contributed by atoms with Crippen LogP contribution in [0.2, 0.25) is 0 Å². The first-order valence-electron chi connectivity index (χ1n) is 7.65. The zero-order chi connectivity index (χ0) is 14.8. The molecule has 1 aliphatic carbocycles. The van der Waals surface area contributed by atoms with Gasteiger partial charge in [0.15, 0.2) is 6.54 Å². The molecule has 2 N–H and O–H groups in total. The molecule has 0 saturated carbocycles. The highest BCUT2D eigenvalue weighted by molar-refractivity contribution is 5.96. The molecule has 1 aromatic rings. The molecule has 1 saturated heterocycles. The number of quaternary nitrogens is 1. The minimum absolute atomic E-state index is 0.0782. The second kappa shape index (κ2) is 5.85. The molecule has 5 nitrogen and oxygen atoms in total. The molecule has 1 heterocycles. The van der Waals surface area contributed by atoms with Crippen molar-refractivity contribution in [2.45, 2.75) is 25.3 Å². The number of rotatable bonds is 3. The third kappa shape index (κ3) is 2.78. The van der Waals surface area contributed by atoms with Crippen molar-refractivity contribution < 1.29 is 14.5 Å². The lowest BCUT2D eigenvalue weighted by Crippen LogP contribution is -3.10. The van der Waals surface area contributed by atoms with E-state index >= 15 is 0 Å². The van der Waals surface area contributed by atoms with E-state index in [1.807, 2.05) is 0 Å². The zero-order valence-electron chi connectivity index (χ0n) is 12.4. The van der Waals surface area contributed by atoms with E-state index in [1.54, 1.807) is 0 Å². The maximum Gasteiger partial charge on any atom is 0.324 e. The van der Waals surface area contributed by atoms with Crippen molar-refractivity contribution in [1.82, 2.24) is 10.2 Å². The molecule has 0 radical (unpaired) electrons. The molecule has 2 aliphatic rings. The van der Waals surface area contributed by atoms with Crippen molar-refractivity contribution in [3.05, 3.63) is 35.4 Å². The minimum atomic E-state index is -0.253. The van der Waals surface area contributed by atoms with Gasteiger partial charge in [0, 0.05) is 25.1 Å². The maximum absolute atomic E-state index is 12.3. The first kappa shape index (κ1) is 14.1. The quantitative estimate of drug-likeness (QED) is 0.831. The fourth-order valence-electron chi connectivity index (χ4n) is 3.43. The van der Waals surface area contributed by atoms with E-state index in [0.29, 0.717) is 25.7 Å². The van der Waals surface area contributed by atoms with E-state index in [-0.39, 0.29) is 11.9 Å². The Labute approximate surface area is 124 Å². The van der Waals surface area contributed by atoms with E-state index in [2.05, 4.69) is 36.6 Å². The first-order valence-corrected chi connectivity index (χ1v) is 7.65. The van der Waals surface area contributed by atoms with Gasteiger partial charge in [0.2, 0.25) is 0 Å². The maximum atomic E-state index is 12.3. The van der Waals surface area contributed by atoms with Crippen molar-refractivity contribution in [1.29, 1.82) is 0 Å². The van der Waals surface area contributed by atoms with Crippen LogP contribution in [0.5, 0.6) is 0 Å². The summed E-state index contributed by atoms with van der Waals surface area (Å²) in [6.45, 7) is 1.43. The number of hydrogen-bond donors (Lipinski definition) is 2. The largest absolute Gasteiger partial charge is 0.336 e. The molecule has 2 atom stereocenters. The van der Waals surface area contributed by atoms with E-state index in [9.17, 15) is 9.59 Å². The van der Waals surface area contributed by atoms with E-state index in [1.165, 1.54) is 20.9 Å². The average molecular weight is 288 g/mol. The Balaban J connectivity index is 1.70. The second-order valence-corrected chi connectivity index (χ2v) is 5.94. The molecule has 0 bridgehead atoms. The number of amides is 3. The third-order valence-corrected chi connectivity index (χ3v) is 4.55. The van der Waals surface area contributed by atoms with Crippen LogP contribution < -0.4 is 10.2 Å². The fraction of sp³-hybridized carbons (Fsp3) is 0.500. The zero-order valence-corrected chi connectivity index (χ0v) is 12.4. The lowest BCUT2D eigenvalue weighted by atomic mass is 9.87. The summed E-state index contributed by atoms with van der Waals surface area (Å²) in [5.74, 6) is -0.0782. The summed E-state index contributed by atoms with van der Waals surface area (Å²) in [6, 6.07) is 8.61. The van der Waals surface area contributed by atoms with Crippen molar-refractivity contribution in [2.24, 2.45) is 0 Å². The van der Waals surface area contributed by atoms with Crippen LogP contribution in [0.25, 0.3) is 0 Å². The number of nitrogens with zero attached hydrogens (tertiary/aromatic N) is 1. The molecule has 0 aromatic heterocycles. The van der Waals surface area contributed by atoms with Gasteiger partial charge in [0.25, 0.3) is 5.91 Å². The summed E-state index contributed by atoms with van der Waals surface area (Å²) in [4.78, 5) is 26.3. The molecule has 5 heteroatoms. The Morgan fingerprint density at radius 3 is 3.00 bits per heavy atom. The van der Waals surface area contributed by atoms with Crippen LogP contribution in [0.15, 0.2) is 24.3 Å². The van der Waals surface area contributed by atoms with Crippen LogP contribution >= 0.6 is 0 Å². The van der Waals surface area contributed by atoms with E-state index in [4.69, 9.17) is 0 Å². The Morgan fingerprint density at radius 2 is 2.24 bits per heavy atom. The number of carbonyl (C=O) groups is 2. The number of benzene rings is 1. The molecule has 3 rings (SSSR count). The third-order valence-electron chi connectivity index (χ3n) is 4.55. The highest BCUT2D eigenvalue weighted by Crippen LogP contribution is 2.27.